The van der Waals surface area contributed by atoms with Crippen LogP contribution in [-0.2, 0) is 27.4 Å². The van der Waals surface area contributed by atoms with Crippen molar-refractivity contribution in [3.05, 3.63) is 35.4 Å². The first-order valence-electron chi connectivity index (χ1n) is 9.29. The summed E-state index contributed by atoms with van der Waals surface area (Å²) in [6.07, 6.45) is 2.29. The molecule has 0 spiro atoms. The van der Waals surface area contributed by atoms with Gasteiger partial charge in [-0.25, -0.2) is 0 Å². The predicted molar refractivity (Wildman–Crippen MR) is 104 cm³/mol. The van der Waals surface area contributed by atoms with Crippen LogP contribution < -0.4 is 10.6 Å². The van der Waals surface area contributed by atoms with Crippen molar-refractivity contribution in [3.63, 3.8) is 0 Å². The summed E-state index contributed by atoms with van der Waals surface area (Å²) in [5, 5.41) is 6.63. The van der Waals surface area contributed by atoms with Crippen LogP contribution in [0.1, 0.15) is 37.8 Å². The fourth-order valence-electron chi connectivity index (χ4n) is 2.66. The highest BCUT2D eigenvalue weighted by Crippen LogP contribution is 2.14. The second-order valence-electron chi connectivity index (χ2n) is 7.19. The van der Waals surface area contributed by atoms with Crippen LogP contribution in [0.3, 0.4) is 0 Å². The maximum Gasteiger partial charge on any atom is 0.191 e. The smallest absolute Gasteiger partial charge is 0.191 e. The lowest BCUT2D eigenvalue weighted by Crippen LogP contribution is -2.45. The van der Waals surface area contributed by atoms with Crippen LogP contribution in [0.4, 0.5) is 0 Å². The van der Waals surface area contributed by atoms with Gasteiger partial charge in [-0.1, -0.05) is 24.3 Å². The lowest BCUT2D eigenvalue weighted by molar-refractivity contribution is -0.0390. The summed E-state index contributed by atoms with van der Waals surface area (Å²) in [5.74, 6) is 0.763. The predicted octanol–water partition coefficient (Wildman–Crippen LogP) is 2.47. The normalized spacial score (nSPS) is 16.5. The van der Waals surface area contributed by atoms with Crippen molar-refractivity contribution in [2.24, 2.45) is 4.99 Å². The van der Waals surface area contributed by atoms with Crippen LogP contribution in [0.5, 0.6) is 0 Å². The van der Waals surface area contributed by atoms with E-state index in [1.54, 1.807) is 14.2 Å². The third-order valence-corrected chi connectivity index (χ3v) is 4.56. The Labute approximate surface area is 157 Å². The van der Waals surface area contributed by atoms with Crippen molar-refractivity contribution in [1.82, 2.24) is 10.6 Å². The fourth-order valence-corrected chi connectivity index (χ4v) is 2.66. The maximum absolute atomic E-state index is 6.01. The molecule has 0 radical (unpaired) electrons. The molecule has 1 heterocycles. The van der Waals surface area contributed by atoms with E-state index in [-0.39, 0.29) is 5.60 Å². The molecule has 1 aromatic rings. The summed E-state index contributed by atoms with van der Waals surface area (Å²) < 4.78 is 16.8. The Morgan fingerprint density at radius 1 is 1.23 bits per heavy atom. The van der Waals surface area contributed by atoms with Gasteiger partial charge in [-0.2, -0.15) is 0 Å². The van der Waals surface area contributed by atoms with E-state index in [0.717, 1.165) is 32.0 Å². The van der Waals surface area contributed by atoms with Gasteiger partial charge in [-0.15, -0.1) is 0 Å². The second kappa shape index (κ2) is 10.5. The molecule has 0 saturated carbocycles. The van der Waals surface area contributed by atoms with E-state index in [2.05, 4.69) is 39.9 Å². The summed E-state index contributed by atoms with van der Waals surface area (Å²) in [5.41, 5.74) is 2.16. The van der Waals surface area contributed by atoms with Gasteiger partial charge in [0.1, 0.15) is 0 Å². The number of benzene rings is 1. The number of guanidine groups is 1. The van der Waals surface area contributed by atoms with Crippen LogP contribution in [0.2, 0.25) is 0 Å². The lowest BCUT2D eigenvalue weighted by atomic mass is 10.1. The third-order valence-electron chi connectivity index (χ3n) is 4.56. The summed E-state index contributed by atoms with van der Waals surface area (Å²) in [4.78, 5) is 4.26. The molecule has 6 heteroatoms. The Hall–Kier alpha value is -1.63. The summed E-state index contributed by atoms with van der Waals surface area (Å²) in [6, 6.07) is 8.47. The zero-order valence-corrected chi connectivity index (χ0v) is 16.5. The van der Waals surface area contributed by atoms with Crippen LogP contribution in [0.15, 0.2) is 29.3 Å². The Bertz CT molecular complexity index is 569. The van der Waals surface area contributed by atoms with Gasteiger partial charge in [0.05, 0.1) is 18.3 Å². The zero-order valence-electron chi connectivity index (χ0n) is 16.5. The van der Waals surface area contributed by atoms with E-state index in [4.69, 9.17) is 14.2 Å². The number of rotatable bonds is 8. The van der Waals surface area contributed by atoms with E-state index >= 15 is 0 Å². The molecule has 26 heavy (non-hydrogen) atoms. The molecule has 6 nitrogen and oxygen atoms in total. The van der Waals surface area contributed by atoms with Crippen molar-refractivity contribution >= 4 is 5.96 Å². The number of hydrogen-bond donors (Lipinski definition) is 2. The minimum Gasteiger partial charge on any atom is -0.381 e. The topological polar surface area (TPSA) is 64.1 Å². The Kier molecular flexibility index (Phi) is 8.35. The van der Waals surface area contributed by atoms with Crippen LogP contribution in [-0.4, -0.2) is 51.6 Å². The van der Waals surface area contributed by atoms with Crippen molar-refractivity contribution in [2.45, 2.75) is 51.5 Å². The highest BCUT2D eigenvalue weighted by atomic mass is 16.5. The van der Waals surface area contributed by atoms with Gasteiger partial charge >= 0.3 is 0 Å². The number of aliphatic imine (C=N–C) groups is 1. The number of methoxy groups -OCH3 is 1. The summed E-state index contributed by atoms with van der Waals surface area (Å²) >= 11 is 0. The molecule has 0 amide bonds. The first-order chi connectivity index (χ1) is 12.5. The minimum atomic E-state index is -0.237. The van der Waals surface area contributed by atoms with E-state index in [0.29, 0.717) is 25.8 Å². The van der Waals surface area contributed by atoms with Crippen molar-refractivity contribution < 1.29 is 14.2 Å². The molecule has 1 aliphatic rings. The number of nitrogens with zero attached hydrogens (tertiary/aromatic N) is 1. The van der Waals surface area contributed by atoms with Crippen molar-refractivity contribution in [2.75, 3.05) is 33.9 Å². The molecular formula is C20H33N3O3. The molecular weight excluding hydrogens is 330 g/mol. The van der Waals surface area contributed by atoms with Gasteiger partial charge < -0.3 is 24.8 Å². The molecule has 146 valence electrons. The average molecular weight is 364 g/mol. The van der Waals surface area contributed by atoms with Crippen LogP contribution in [0.25, 0.3) is 0 Å². The van der Waals surface area contributed by atoms with Gasteiger partial charge in [0.15, 0.2) is 5.96 Å². The highest BCUT2D eigenvalue weighted by molar-refractivity contribution is 5.79. The molecule has 0 aromatic heterocycles. The lowest BCUT2D eigenvalue weighted by Gasteiger charge is -2.24. The number of nitrogens with one attached hydrogen (secondary N) is 2. The standard InChI is InChI=1S/C20H33N3O3/c1-20(2,24-4)15-23-19(21-3)22-13-16-6-5-7-17(12-16)14-26-18-8-10-25-11-9-18/h5-7,12,18H,8-11,13-15H2,1-4H3,(H2,21,22,23). The van der Waals surface area contributed by atoms with Gasteiger partial charge in [0.2, 0.25) is 0 Å². The van der Waals surface area contributed by atoms with E-state index < -0.39 is 0 Å². The molecule has 1 fully saturated rings. The Morgan fingerprint density at radius 2 is 1.96 bits per heavy atom. The SMILES string of the molecule is CN=C(NCc1cccc(COC2CCOCC2)c1)NCC(C)(C)OC. The number of ether oxygens (including phenoxy) is 3. The Balaban J connectivity index is 1.79. The summed E-state index contributed by atoms with van der Waals surface area (Å²) in [7, 11) is 3.49. The molecule has 1 aromatic carbocycles. The van der Waals surface area contributed by atoms with Crippen LogP contribution >= 0.6 is 0 Å². The molecule has 1 aliphatic heterocycles. The Morgan fingerprint density at radius 3 is 2.65 bits per heavy atom. The van der Waals surface area contributed by atoms with Gasteiger partial charge in [0, 0.05) is 40.5 Å². The van der Waals surface area contributed by atoms with E-state index in [9.17, 15) is 0 Å². The van der Waals surface area contributed by atoms with Crippen LogP contribution in [0, 0.1) is 0 Å². The van der Waals surface area contributed by atoms with Gasteiger partial charge in [-0.05, 0) is 37.8 Å². The first kappa shape index (κ1) is 20.7. The molecule has 0 unspecified atom stereocenters. The monoisotopic (exact) mass is 363 g/mol. The zero-order chi connectivity index (χ0) is 18.8. The third kappa shape index (κ3) is 7.32. The highest BCUT2D eigenvalue weighted by Gasteiger charge is 2.16. The summed E-state index contributed by atoms with van der Waals surface area (Å²) in [6.45, 7) is 7.72. The van der Waals surface area contributed by atoms with E-state index in [1.807, 2.05) is 13.8 Å². The molecule has 2 rings (SSSR count). The molecule has 0 bridgehead atoms. The minimum absolute atomic E-state index is 0.237. The fraction of sp³-hybridized carbons (Fsp3) is 0.650. The maximum atomic E-state index is 6.01. The second-order valence-corrected chi connectivity index (χ2v) is 7.19. The largest absolute Gasteiger partial charge is 0.381 e. The number of hydrogen-bond acceptors (Lipinski definition) is 4. The van der Waals surface area contributed by atoms with Gasteiger partial charge in [-0.3, -0.25) is 4.99 Å². The van der Waals surface area contributed by atoms with Crippen molar-refractivity contribution in [1.29, 1.82) is 0 Å². The van der Waals surface area contributed by atoms with E-state index in [1.165, 1.54) is 11.1 Å². The molecule has 2 N–H and O–H groups in total. The molecule has 1 saturated heterocycles. The average Bonchev–Trinajstić information content (AvgIpc) is 2.67. The first-order valence-corrected chi connectivity index (χ1v) is 9.29. The molecule has 0 aliphatic carbocycles. The van der Waals surface area contributed by atoms with Gasteiger partial charge in [0.25, 0.3) is 0 Å². The quantitative estimate of drug-likeness (QED) is 0.549. The molecule has 0 atom stereocenters. The van der Waals surface area contributed by atoms with Crippen molar-refractivity contribution in [3.8, 4) is 0 Å².